The number of rotatable bonds is 6. The maximum atomic E-state index is 13.4. The lowest BCUT2D eigenvalue weighted by Gasteiger charge is -2.17. The predicted octanol–water partition coefficient (Wildman–Crippen LogP) is 0.468. The Balaban J connectivity index is 2.56. The van der Waals surface area contributed by atoms with E-state index in [1.165, 1.54) is 19.1 Å². The molecule has 1 heterocycles. The first-order valence-electron chi connectivity index (χ1n) is 5.19. The summed E-state index contributed by atoms with van der Waals surface area (Å²) in [4.78, 5) is 20.1. The summed E-state index contributed by atoms with van der Waals surface area (Å²) in [5.74, 6) is -0.910. The largest absolute Gasteiger partial charge is 0.383 e. The normalized spacial score (nSPS) is 10.2. The molecule has 1 rings (SSSR count). The van der Waals surface area contributed by atoms with Crippen molar-refractivity contribution in [1.82, 2.24) is 15.3 Å². The van der Waals surface area contributed by atoms with Gasteiger partial charge < -0.3 is 15.0 Å². The SMILES string of the molecule is COCCNC(=O)CN(C)c1nc(Cl)ncc1F. The topological polar surface area (TPSA) is 67.3 Å². The highest BCUT2D eigenvalue weighted by Gasteiger charge is 2.13. The van der Waals surface area contributed by atoms with Crippen LogP contribution < -0.4 is 10.2 Å². The first-order chi connectivity index (χ1) is 8.54. The number of nitrogens with zero attached hydrogens (tertiary/aromatic N) is 3. The maximum absolute atomic E-state index is 13.4. The van der Waals surface area contributed by atoms with Crippen molar-refractivity contribution in [3.63, 3.8) is 0 Å². The summed E-state index contributed by atoms with van der Waals surface area (Å²) in [6.45, 7) is 0.785. The lowest BCUT2D eigenvalue weighted by atomic mass is 10.4. The molecule has 0 saturated carbocycles. The second kappa shape index (κ2) is 7.07. The first-order valence-corrected chi connectivity index (χ1v) is 5.57. The monoisotopic (exact) mass is 276 g/mol. The molecule has 0 aliphatic rings. The molecule has 0 saturated heterocycles. The Morgan fingerprint density at radius 2 is 2.39 bits per heavy atom. The number of nitrogens with one attached hydrogen (secondary N) is 1. The molecule has 18 heavy (non-hydrogen) atoms. The summed E-state index contributed by atoms with van der Waals surface area (Å²) >= 11 is 5.57. The highest BCUT2D eigenvalue weighted by atomic mass is 35.5. The maximum Gasteiger partial charge on any atom is 0.239 e. The van der Waals surface area contributed by atoms with E-state index in [0.29, 0.717) is 13.2 Å². The number of carbonyl (C=O) groups is 1. The third-order valence-electron chi connectivity index (χ3n) is 2.07. The van der Waals surface area contributed by atoms with E-state index >= 15 is 0 Å². The molecule has 100 valence electrons. The second-order valence-corrected chi connectivity index (χ2v) is 3.85. The van der Waals surface area contributed by atoms with Gasteiger partial charge in [0.1, 0.15) is 0 Å². The van der Waals surface area contributed by atoms with Crippen LogP contribution in [0.5, 0.6) is 0 Å². The van der Waals surface area contributed by atoms with Crippen molar-refractivity contribution in [2.75, 3.05) is 38.8 Å². The van der Waals surface area contributed by atoms with Gasteiger partial charge in [-0.05, 0) is 11.6 Å². The van der Waals surface area contributed by atoms with Gasteiger partial charge in [-0.3, -0.25) is 4.79 Å². The number of anilines is 1. The zero-order chi connectivity index (χ0) is 13.5. The fourth-order valence-electron chi connectivity index (χ4n) is 1.24. The van der Waals surface area contributed by atoms with Crippen molar-refractivity contribution in [3.8, 4) is 0 Å². The van der Waals surface area contributed by atoms with Crippen LogP contribution in [0.3, 0.4) is 0 Å². The van der Waals surface area contributed by atoms with Crippen molar-refractivity contribution in [1.29, 1.82) is 0 Å². The standard InChI is InChI=1S/C10H14ClFN4O2/c1-16(6-8(17)13-3-4-18-2)9-7(12)5-14-10(11)15-9/h5H,3-4,6H2,1-2H3,(H,13,17). The average Bonchev–Trinajstić information content (AvgIpc) is 2.32. The van der Waals surface area contributed by atoms with Gasteiger partial charge in [-0.25, -0.2) is 9.37 Å². The van der Waals surface area contributed by atoms with E-state index < -0.39 is 5.82 Å². The van der Waals surface area contributed by atoms with Crippen molar-refractivity contribution in [2.45, 2.75) is 0 Å². The van der Waals surface area contributed by atoms with Crippen LogP contribution in [-0.2, 0) is 9.53 Å². The molecule has 0 atom stereocenters. The van der Waals surface area contributed by atoms with E-state index in [1.54, 1.807) is 0 Å². The van der Waals surface area contributed by atoms with Gasteiger partial charge >= 0.3 is 0 Å². The van der Waals surface area contributed by atoms with Gasteiger partial charge in [0.15, 0.2) is 11.6 Å². The van der Waals surface area contributed by atoms with Gasteiger partial charge in [0.25, 0.3) is 0 Å². The molecule has 0 spiro atoms. The zero-order valence-corrected chi connectivity index (χ0v) is 10.9. The number of amides is 1. The van der Waals surface area contributed by atoms with Crippen LogP contribution >= 0.6 is 11.6 Å². The minimum absolute atomic E-state index is 0.0168. The minimum Gasteiger partial charge on any atom is -0.383 e. The van der Waals surface area contributed by atoms with Crippen LogP contribution in [0.25, 0.3) is 0 Å². The van der Waals surface area contributed by atoms with Gasteiger partial charge in [0, 0.05) is 20.7 Å². The number of aromatic nitrogens is 2. The van der Waals surface area contributed by atoms with E-state index in [4.69, 9.17) is 16.3 Å². The van der Waals surface area contributed by atoms with Crippen LogP contribution in [0.15, 0.2) is 6.20 Å². The number of hydrogen-bond acceptors (Lipinski definition) is 5. The van der Waals surface area contributed by atoms with Gasteiger partial charge in [-0.2, -0.15) is 4.98 Å². The van der Waals surface area contributed by atoms with Gasteiger partial charge in [-0.1, -0.05) is 0 Å². The third-order valence-corrected chi connectivity index (χ3v) is 2.25. The Morgan fingerprint density at radius 3 is 3.06 bits per heavy atom. The Morgan fingerprint density at radius 1 is 1.67 bits per heavy atom. The van der Waals surface area contributed by atoms with Gasteiger partial charge in [0.2, 0.25) is 11.2 Å². The minimum atomic E-state index is -0.633. The summed E-state index contributed by atoms with van der Waals surface area (Å²) < 4.78 is 18.2. The van der Waals surface area contributed by atoms with Crippen molar-refractivity contribution >= 4 is 23.3 Å². The summed E-state index contributed by atoms with van der Waals surface area (Å²) in [6.07, 6.45) is 0.962. The molecule has 1 N–H and O–H groups in total. The smallest absolute Gasteiger partial charge is 0.239 e. The van der Waals surface area contributed by atoms with Crippen LogP contribution in [0.2, 0.25) is 5.28 Å². The third kappa shape index (κ3) is 4.42. The zero-order valence-electron chi connectivity index (χ0n) is 10.1. The highest BCUT2D eigenvalue weighted by Crippen LogP contribution is 2.15. The number of ether oxygens (including phenoxy) is 1. The van der Waals surface area contributed by atoms with E-state index in [-0.39, 0.29) is 23.6 Å². The summed E-state index contributed by atoms with van der Waals surface area (Å²) in [7, 11) is 3.08. The Labute approximate surface area is 109 Å². The molecule has 0 radical (unpaired) electrons. The predicted molar refractivity (Wildman–Crippen MR) is 65.2 cm³/mol. The van der Waals surface area contributed by atoms with E-state index in [9.17, 15) is 9.18 Å². The van der Waals surface area contributed by atoms with Crippen molar-refractivity contribution in [2.24, 2.45) is 0 Å². The Kier molecular flexibility index (Phi) is 5.73. The highest BCUT2D eigenvalue weighted by molar-refractivity contribution is 6.28. The van der Waals surface area contributed by atoms with Crippen LogP contribution in [0.1, 0.15) is 0 Å². The average molecular weight is 277 g/mol. The molecule has 0 aliphatic carbocycles. The number of hydrogen-bond donors (Lipinski definition) is 1. The Bertz CT molecular complexity index is 419. The van der Waals surface area contributed by atoms with E-state index in [0.717, 1.165) is 6.20 Å². The lowest BCUT2D eigenvalue weighted by Crippen LogP contribution is -2.37. The lowest BCUT2D eigenvalue weighted by molar-refractivity contribution is -0.119. The molecular formula is C10H14ClFN4O2. The number of methoxy groups -OCH3 is 1. The van der Waals surface area contributed by atoms with Crippen molar-refractivity contribution in [3.05, 3.63) is 17.3 Å². The fraction of sp³-hybridized carbons (Fsp3) is 0.500. The van der Waals surface area contributed by atoms with Crippen molar-refractivity contribution < 1.29 is 13.9 Å². The molecule has 1 aromatic rings. The first kappa shape index (κ1) is 14.6. The van der Waals surface area contributed by atoms with E-state index in [2.05, 4.69) is 15.3 Å². The number of carbonyl (C=O) groups excluding carboxylic acids is 1. The molecule has 8 heteroatoms. The molecule has 1 aromatic heterocycles. The second-order valence-electron chi connectivity index (χ2n) is 3.51. The van der Waals surface area contributed by atoms with E-state index in [1.807, 2.05) is 0 Å². The van der Waals surface area contributed by atoms with Crippen LogP contribution in [-0.4, -0.2) is 49.7 Å². The molecule has 0 aromatic carbocycles. The molecule has 6 nitrogen and oxygen atoms in total. The molecule has 0 bridgehead atoms. The van der Waals surface area contributed by atoms with Crippen LogP contribution in [0.4, 0.5) is 10.2 Å². The quantitative estimate of drug-likeness (QED) is 0.604. The summed E-state index contributed by atoms with van der Waals surface area (Å²) in [5.41, 5.74) is 0. The molecular weight excluding hydrogens is 263 g/mol. The Hall–Kier alpha value is -1.47. The summed E-state index contributed by atoms with van der Waals surface area (Å²) in [5, 5.41) is 2.54. The molecule has 0 fully saturated rings. The summed E-state index contributed by atoms with van der Waals surface area (Å²) in [6, 6.07) is 0. The number of halogens is 2. The molecule has 1 amide bonds. The van der Waals surface area contributed by atoms with Crippen LogP contribution in [0, 0.1) is 5.82 Å². The van der Waals surface area contributed by atoms with Gasteiger partial charge in [-0.15, -0.1) is 0 Å². The van der Waals surface area contributed by atoms with Gasteiger partial charge in [0.05, 0.1) is 19.3 Å². The number of likely N-dealkylation sites (N-methyl/N-ethyl adjacent to an activating group) is 1. The molecule has 0 unspecified atom stereocenters. The fourth-order valence-corrected chi connectivity index (χ4v) is 1.37. The molecule has 0 aliphatic heterocycles.